The zero-order valence-corrected chi connectivity index (χ0v) is 16.9. The van der Waals surface area contributed by atoms with Crippen LogP contribution in [0.4, 0.5) is 5.69 Å². The van der Waals surface area contributed by atoms with Gasteiger partial charge in [0.2, 0.25) is 0 Å². The summed E-state index contributed by atoms with van der Waals surface area (Å²) in [6, 6.07) is 7.03. The Morgan fingerprint density at radius 3 is 2.85 bits per heavy atom. The van der Waals surface area contributed by atoms with Crippen LogP contribution in [0.2, 0.25) is 0 Å². The minimum absolute atomic E-state index is 0.109. The largest absolute Gasteiger partial charge is 0.393 e. The first-order chi connectivity index (χ1) is 12.4. The molecule has 4 rings (SSSR count). The van der Waals surface area contributed by atoms with Gasteiger partial charge >= 0.3 is 0 Å². The van der Waals surface area contributed by atoms with Crippen molar-refractivity contribution in [3.05, 3.63) is 29.3 Å². The van der Waals surface area contributed by atoms with Crippen LogP contribution in [0.15, 0.2) is 18.2 Å². The topological polar surface area (TPSA) is 32.7 Å². The molecular weight excluding hydrogens is 322 g/mol. The molecule has 144 valence electrons. The molecule has 1 N–H and O–H groups in total. The number of aliphatic hydroxyl groups excluding tert-OH is 1. The third-order valence-electron chi connectivity index (χ3n) is 7.31. The standard InChI is InChI=1S/C23H35NO2/c1-5-10-24-11-6-7-16-12-17(8-9-20(16)24)22-19-13-18(23(3,4)26-22)14-21(25)15(19)2/h8-9,12,15,18-19,21-22,25H,5-7,10-11,13-14H2,1-4H3/t15-,18?,19?,21-,22-/m0/s1. The predicted molar refractivity (Wildman–Crippen MR) is 107 cm³/mol. The van der Waals surface area contributed by atoms with Gasteiger partial charge in [0, 0.05) is 18.8 Å². The number of fused-ring (bicyclic) bond motifs is 3. The Hall–Kier alpha value is -1.06. The highest BCUT2D eigenvalue weighted by molar-refractivity contribution is 5.57. The fraction of sp³-hybridized carbons (Fsp3) is 0.739. The minimum atomic E-state index is -0.193. The molecule has 1 aromatic carbocycles. The van der Waals surface area contributed by atoms with E-state index in [4.69, 9.17) is 4.74 Å². The van der Waals surface area contributed by atoms with Gasteiger partial charge in [-0.3, -0.25) is 0 Å². The maximum atomic E-state index is 10.6. The smallest absolute Gasteiger partial charge is 0.0864 e. The first-order valence-electron chi connectivity index (χ1n) is 10.6. The third-order valence-corrected chi connectivity index (χ3v) is 7.31. The van der Waals surface area contributed by atoms with Crippen LogP contribution in [-0.4, -0.2) is 29.9 Å². The number of nitrogens with zero attached hydrogens (tertiary/aromatic N) is 1. The van der Waals surface area contributed by atoms with E-state index >= 15 is 0 Å². The zero-order valence-electron chi connectivity index (χ0n) is 16.9. The van der Waals surface area contributed by atoms with Gasteiger partial charge in [0.05, 0.1) is 17.8 Å². The van der Waals surface area contributed by atoms with Gasteiger partial charge in [0.1, 0.15) is 0 Å². The monoisotopic (exact) mass is 357 g/mol. The number of anilines is 1. The summed E-state index contributed by atoms with van der Waals surface area (Å²) < 4.78 is 6.69. The Balaban J connectivity index is 1.66. The van der Waals surface area contributed by atoms with Crippen molar-refractivity contribution in [1.82, 2.24) is 0 Å². The van der Waals surface area contributed by atoms with Crippen LogP contribution >= 0.6 is 0 Å². The number of aryl methyl sites for hydroxylation is 1. The molecular formula is C23H35NO2. The van der Waals surface area contributed by atoms with E-state index in [-0.39, 0.29) is 17.8 Å². The van der Waals surface area contributed by atoms with Gasteiger partial charge in [-0.2, -0.15) is 0 Å². The van der Waals surface area contributed by atoms with Crippen molar-refractivity contribution in [3.63, 3.8) is 0 Å². The van der Waals surface area contributed by atoms with Crippen molar-refractivity contribution >= 4 is 5.69 Å². The lowest BCUT2D eigenvalue weighted by molar-refractivity contribution is -0.215. The highest BCUT2D eigenvalue weighted by Crippen LogP contribution is 2.53. The molecule has 26 heavy (non-hydrogen) atoms. The number of benzene rings is 1. The number of ether oxygens (including phenoxy) is 1. The fourth-order valence-electron chi connectivity index (χ4n) is 5.60. The lowest BCUT2D eigenvalue weighted by atomic mass is 9.63. The molecule has 0 radical (unpaired) electrons. The quantitative estimate of drug-likeness (QED) is 0.849. The fourth-order valence-corrected chi connectivity index (χ4v) is 5.60. The summed E-state index contributed by atoms with van der Waals surface area (Å²) in [5, 5.41) is 10.6. The predicted octanol–water partition coefficient (Wildman–Crippen LogP) is 4.72. The summed E-state index contributed by atoms with van der Waals surface area (Å²) in [7, 11) is 0. The van der Waals surface area contributed by atoms with Crippen molar-refractivity contribution in [2.24, 2.45) is 17.8 Å². The number of aliphatic hydroxyl groups is 1. The van der Waals surface area contributed by atoms with E-state index in [9.17, 15) is 5.11 Å². The van der Waals surface area contributed by atoms with Crippen LogP contribution in [0.5, 0.6) is 0 Å². The van der Waals surface area contributed by atoms with Gasteiger partial charge in [0.15, 0.2) is 0 Å². The van der Waals surface area contributed by atoms with E-state index in [2.05, 4.69) is 50.8 Å². The average Bonchev–Trinajstić information content (AvgIpc) is 2.61. The van der Waals surface area contributed by atoms with Crippen LogP contribution in [0, 0.1) is 17.8 Å². The van der Waals surface area contributed by atoms with Gasteiger partial charge in [-0.05, 0) is 80.9 Å². The Bertz CT molecular complexity index is 656. The van der Waals surface area contributed by atoms with E-state index in [1.165, 1.54) is 49.0 Å². The number of hydrogen-bond acceptors (Lipinski definition) is 3. The molecule has 2 fully saturated rings. The summed E-state index contributed by atoms with van der Waals surface area (Å²) in [6.07, 6.45) is 5.58. The minimum Gasteiger partial charge on any atom is -0.393 e. The van der Waals surface area contributed by atoms with Crippen molar-refractivity contribution in [2.45, 2.75) is 77.6 Å². The number of rotatable bonds is 3. The molecule has 2 aliphatic heterocycles. The summed E-state index contributed by atoms with van der Waals surface area (Å²) in [4.78, 5) is 2.54. The summed E-state index contributed by atoms with van der Waals surface area (Å²) in [5.74, 6) is 1.19. The van der Waals surface area contributed by atoms with E-state index in [0.717, 1.165) is 13.0 Å². The molecule has 2 heterocycles. The molecule has 1 aromatic rings. The van der Waals surface area contributed by atoms with Crippen molar-refractivity contribution in [3.8, 4) is 0 Å². The van der Waals surface area contributed by atoms with Crippen LogP contribution < -0.4 is 4.90 Å². The van der Waals surface area contributed by atoms with Crippen molar-refractivity contribution < 1.29 is 9.84 Å². The van der Waals surface area contributed by atoms with Gasteiger partial charge in [-0.15, -0.1) is 0 Å². The molecule has 5 atom stereocenters. The lowest BCUT2D eigenvalue weighted by Gasteiger charge is -2.53. The van der Waals surface area contributed by atoms with Crippen molar-refractivity contribution in [1.29, 1.82) is 0 Å². The summed E-state index contributed by atoms with van der Waals surface area (Å²) >= 11 is 0. The normalized spacial score (nSPS) is 35.9. The maximum Gasteiger partial charge on any atom is 0.0864 e. The second kappa shape index (κ2) is 6.83. The Morgan fingerprint density at radius 1 is 1.27 bits per heavy atom. The van der Waals surface area contributed by atoms with Gasteiger partial charge in [-0.25, -0.2) is 0 Å². The molecule has 0 aromatic heterocycles. The van der Waals surface area contributed by atoms with Crippen molar-refractivity contribution in [2.75, 3.05) is 18.0 Å². The Morgan fingerprint density at radius 2 is 2.08 bits per heavy atom. The molecule has 3 heteroatoms. The van der Waals surface area contributed by atoms with Gasteiger partial charge < -0.3 is 14.7 Å². The molecule has 3 nitrogen and oxygen atoms in total. The molecule has 3 aliphatic rings. The summed E-state index contributed by atoms with van der Waals surface area (Å²) in [6.45, 7) is 11.2. The van der Waals surface area contributed by atoms with E-state index in [0.29, 0.717) is 17.8 Å². The van der Waals surface area contributed by atoms with Crippen LogP contribution in [0.25, 0.3) is 0 Å². The molecule has 1 saturated carbocycles. The molecule has 2 unspecified atom stereocenters. The average molecular weight is 358 g/mol. The van der Waals surface area contributed by atoms with Crippen LogP contribution in [0.3, 0.4) is 0 Å². The first-order valence-corrected chi connectivity index (χ1v) is 10.6. The van der Waals surface area contributed by atoms with E-state index in [1.807, 2.05) is 0 Å². The van der Waals surface area contributed by atoms with Crippen LogP contribution in [-0.2, 0) is 11.2 Å². The second-order valence-electron chi connectivity index (χ2n) is 9.38. The molecule has 0 amide bonds. The zero-order chi connectivity index (χ0) is 18.5. The second-order valence-corrected chi connectivity index (χ2v) is 9.38. The Kier molecular flexibility index (Phi) is 4.81. The van der Waals surface area contributed by atoms with Gasteiger partial charge in [-0.1, -0.05) is 26.0 Å². The molecule has 0 spiro atoms. The van der Waals surface area contributed by atoms with Crippen LogP contribution in [0.1, 0.15) is 70.6 Å². The highest BCUT2D eigenvalue weighted by Gasteiger charge is 2.50. The SMILES string of the molecule is CCCN1CCCc2cc([C@@H]3OC(C)(C)C4CC3[C@H](C)[C@@H](O)C4)ccc21. The lowest BCUT2D eigenvalue weighted by Crippen LogP contribution is -2.52. The highest BCUT2D eigenvalue weighted by atomic mass is 16.5. The van der Waals surface area contributed by atoms with Gasteiger partial charge in [0.25, 0.3) is 0 Å². The molecule has 2 bridgehead atoms. The van der Waals surface area contributed by atoms with E-state index < -0.39 is 0 Å². The van der Waals surface area contributed by atoms with E-state index in [1.54, 1.807) is 0 Å². The Labute approximate surface area is 158 Å². The number of hydrogen-bond donors (Lipinski definition) is 1. The third kappa shape index (κ3) is 3.07. The molecule has 1 aliphatic carbocycles. The molecule has 1 saturated heterocycles. The summed E-state index contributed by atoms with van der Waals surface area (Å²) in [5.41, 5.74) is 4.06. The maximum absolute atomic E-state index is 10.6. The first kappa shape index (κ1) is 18.3.